The molecular weight excluding hydrogens is 319 g/mol. The van der Waals surface area contributed by atoms with Crippen molar-refractivity contribution in [3.8, 4) is 0 Å². The number of hydrogen-bond acceptors (Lipinski definition) is 7. The first-order valence-corrected chi connectivity index (χ1v) is 7.68. The summed E-state index contributed by atoms with van der Waals surface area (Å²) in [6.07, 6.45) is 4.44. The van der Waals surface area contributed by atoms with Crippen LogP contribution >= 0.6 is 0 Å². The Morgan fingerprint density at radius 3 is 2.88 bits per heavy atom. The maximum absolute atomic E-state index is 13.3. The lowest BCUT2D eigenvalue weighted by Crippen LogP contribution is -2.40. The number of unbranched alkanes of at least 4 members (excludes halogenated alkanes) is 2. The number of nitrogens with one attached hydrogen (secondary N) is 3. The number of hydrazine groups is 1. The van der Waals surface area contributed by atoms with Gasteiger partial charge in [0.2, 0.25) is 18.3 Å². The van der Waals surface area contributed by atoms with E-state index in [0.29, 0.717) is 11.5 Å². The molecule has 1 rings (SSSR count). The molecule has 0 aromatic carbocycles. The molecule has 0 saturated heterocycles. The van der Waals surface area contributed by atoms with Gasteiger partial charge >= 0.3 is 0 Å². The molecule has 0 saturated carbocycles. The Kier molecular flexibility index (Phi) is 8.41. The first kappa shape index (κ1) is 19.6. The van der Waals surface area contributed by atoms with Crippen LogP contribution in [0.15, 0.2) is 6.20 Å². The summed E-state index contributed by atoms with van der Waals surface area (Å²) >= 11 is 0. The standard InChI is InChI=1S/C14H23FN6O3/c1-3-4-5-6-10(8-21(24)9-22)13(23)19-20-14-17-7-11(15)12(16-2)18-14/h7,9-10,24H,3-6,8H2,1-2H3,(H,19,23)(H2,16,17,18,20)/t10-/m1/s1. The molecule has 1 heterocycles. The third-order valence-corrected chi connectivity index (χ3v) is 3.33. The van der Waals surface area contributed by atoms with Crippen molar-refractivity contribution in [3.63, 3.8) is 0 Å². The van der Waals surface area contributed by atoms with Crippen molar-refractivity contribution in [2.24, 2.45) is 5.92 Å². The molecule has 0 aliphatic heterocycles. The van der Waals surface area contributed by atoms with Gasteiger partial charge in [0.25, 0.3) is 0 Å². The second-order valence-corrected chi connectivity index (χ2v) is 5.17. The minimum Gasteiger partial charge on any atom is -0.371 e. The van der Waals surface area contributed by atoms with Gasteiger partial charge in [-0.1, -0.05) is 26.2 Å². The number of hydrogen-bond donors (Lipinski definition) is 4. The van der Waals surface area contributed by atoms with Gasteiger partial charge in [0, 0.05) is 7.05 Å². The summed E-state index contributed by atoms with van der Waals surface area (Å²) in [5, 5.41) is 12.3. The van der Waals surface area contributed by atoms with Crippen molar-refractivity contribution in [1.29, 1.82) is 0 Å². The molecule has 1 aromatic rings. The summed E-state index contributed by atoms with van der Waals surface area (Å²) in [7, 11) is 1.51. The highest BCUT2D eigenvalue weighted by atomic mass is 19.1. The first-order chi connectivity index (χ1) is 11.5. The molecule has 1 atom stereocenters. The number of anilines is 2. The summed E-state index contributed by atoms with van der Waals surface area (Å²) in [6, 6.07) is 0. The summed E-state index contributed by atoms with van der Waals surface area (Å²) in [4.78, 5) is 30.3. The third-order valence-electron chi connectivity index (χ3n) is 3.33. The molecule has 0 unspecified atom stereocenters. The number of rotatable bonds is 11. The number of amides is 2. The first-order valence-electron chi connectivity index (χ1n) is 7.68. The van der Waals surface area contributed by atoms with Crippen molar-refractivity contribution in [2.75, 3.05) is 24.3 Å². The van der Waals surface area contributed by atoms with Gasteiger partial charge in [-0.2, -0.15) is 4.98 Å². The van der Waals surface area contributed by atoms with E-state index in [4.69, 9.17) is 0 Å². The number of nitrogens with zero attached hydrogens (tertiary/aromatic N) is 3. The Morgan fingerprint density at radius 1 is 1.50 bits per heavy atom. The van der Waals surface area contributed by atoms with Gasteiger partial charge in [-0.05, 0) is 6.42 Å². The lowest BCUT2D eigenvalue weighted by molar-refractivity contribution is -0.154. The Bertz CT molecular complexity index is 545. The van der Waals surface area contributed by atoms with E-state index in [1.54, 1.807) is 0 Å². The van der Waals surface area contributed by atoms with Crippen LogP contribution in [-0.4, -0.2) is 46.1 Å². The maximum Gasteiger partial charge on any atom is 0.243 e. The molecular formula is C14H23FN6O3. The Labute approximate surface area is 139 Å². The smallest absolute Gasteiger partial charge is 0.243 e. The molecule has 0 fully saturated rings. The van der Waals surface area contributed by atoms with E-state index in [0.717, 1.165) is 25.5 Å². The number of halogens is 1. The Balaban J connectivity index is 2.63. The molecule has 0 aliphatic rings. The molecule has 0 aliphatic carbocycles. The number of hydroxylamine groups is 2. The summed E-state index contributed by atoms with van der Waals surface area (Å²) < 4.78 is 13.3. The molecule has 2 amide bonds. The third kappa shape index (κ3) is 6.32. The van der Waals surface area contributed by atoms with Gasteiger partial charge < -0.3 is 5.32 Å². The predicted octanol–water partition coefficient (Wildman–Crippen LogP) is 1.14. The Hall–Kier alpha value is -2.49. The average Bonchev–Trinajstić information content (AvgIpc) is 2.59. The summed E-state index contributed by atoms with van der Waals surface area (Å²) in [5.41, 5.74) is 4.90. The molecule has 134 valence electrons. The van der Waals surface area contributed by atoms with Gasteiger partial charge in [0.05, 0.1) is 18.7 Å². The molecule has 0 radical (unpaired) electrons. The van der Waals surface area contributed by atoms with E-state index in [1.807, 2.05) is 6.92 Å². The SMILES string of the molecule is CCCCC[C@H](CN(O)C=O)C(=O)NNc1ncc(F)c(NC)n1. The van der Waals surface area contributed by atoms with Gasteiger partial charge in [-0.3, -0.25) is 25.6 Å². The van der Waals surface area contributed by atoms with Crippen LogP contribution in [-0.2, 0) is 9.59 Å². The molecule has 1 aromatic heterocycles. The zero-order valence-corrected chi connectivity index (χ0v) is 13.8. The van der Waals surface area contributed by atoms with Crippen LogP contribution in [0.25, 0.3) is 0 Å². The van der Waals surface area contributed by atoms with E-state index < -0.39 is 17.6 Å². The van der Waals surface area contributed by atoms with Crippen LogP contribution < -0.4 is 16.2 Å². The zero-order valence-electron chi connectivity index (χ0n) is 13.8. The summed E-state index contributed by atoms with van der Waals surface area (Å²) in [6.45, 7) is 1.92. The van der Waals surface area contributed by atoms with Crippen LogP contribution in [0.1, 0.15) is 32.6 Å². The van der Waals surface area contributed by atoms with Crippen molar-refractivity contribution in [1.82, 2.24) is 20.5 Å². The molecule has 4 N–H and O–H groups in total. The quantitative estimate of drug-likeness (QED) is 0.206. The largest absolute Gasteiger partial charge is 0.371 e. The fourth-order valence-corrected chi connectivity index (χ4v) is 2.04. The van der Waals surface area contributed by atoms with E-state index in [1.165, 1.54) is 7.05 Å². The second kappa shape index (κ2) is 10.3. The molecule has 9 nitrogen and oxygen atoms in total. The monoisotopic (exact) mass is 342 g/mol. The predicted molar refractivity (Wildman–Crippen MR) is 85.5 cm³/mol. The Morgan fingerprint density at radius 2 is 2.25 bits per heavy atom. The van der Waals surface area contributed by atoms with Crippen LogP contribution in [0, 0.1) is 11.7 Å². The lowest BCUT2D eigenvalue weighted by Gasteiger charge is -2.19. The normalized spacial score (nSPS) is 11.5. The van der Waals surface area contributed by atoms with Gasteiger partial charge in [-0.25, -0.2) is 14.4 Å². The van der Waals surface area contributed by atoms with Crippen molar-refractivity contribution >= 4 is 24.1 Å². The van der Waals surface area contributed by atoms with Gasteiger partial charge in [0.1, 0.15) is 0 Å². The fourth-order valence-electron chi connectivity index (χ4n) is 2.04. The maximum atomic E-state index is 13.3. The number of carbonyl (C=O) groups excluding carboxylic acids is 2. The van der Waals surface area contributed by atoms with Crippen LogP contribution in [0.4, 0.5) is 16.2 Å². The van der Waals surface area contributed by atoms with E-state index in [-0.39, 0.29) is 24.7 Å². The number of carbonyl (C=O) groups is 2. The minimum absolute atomic E-state index is 0.0104. The van der Waals surface area contributed by atoms with Crippen molar-refractivity contribution in [3.05, 3.63) is 12.0 Å². The fraction of sp³-hybridized carbons (Fsp3) is 0.571. The molecule has 10 heteroatoms. The van der Waals surface area contributed by atoms with E-state index >= 15 is 0 Å². The van der Waals surface area contributed by atoms with Crippen LogP contribution in [0.2, 0.25) is 0 Å². The average molecular weight is 342 g/mol. The highest BCUT2D eigenvalue weighted by Gasteiger charge is 2.20. The molecule has 0 spiro atoms. The zero-order chi connectivity index (χ0) is 17.9. The van der Waals surface area contributed by atoms with E-state index in [2.05, 4.69) is 26.1 Å². The highest BCUT2D eigenvalue weighted by molar-refractivity contribution is 5.80. The van der Waals surface area contributed by atoms with Crippen molar-refractivity contribution < 1.29 is 19.2 Å². The second-order valence-electron chi connectivity index (χ2n) is 5.17. The van der Waals surface area contributed by atoms with Gasteiger partial charge in [0.15, 0.2) is 11.6 Å². The minimum atomic E-state index is -0.617. The van der Waals surface area contributed by atoms with Gasteiger partial charge in [-0.15, -0.1) is 0 Å². The summed E-state index contributed by atoms with van der Waals surface area (Å²) in [5.74, 6) is -1.63. The lowest BCUT2D eigenvalue weighted by atomic mass is 10.0. The van der Waals surface area contributed by atoms with Crippen LogP contribution in [0.3, 0.4) is 0 Å². The highest BCUT2D eigenvalue weighted by Crippen LogP contribution is 2.13. The van der Waals surface area contributed by atoms with E-state index in [9.17, 15) is 19.2 Å². The topological polar surface area (TPSA) is 119 Å². The van der Waals surface area contributed by atoms with Crippen molar-refractivity contribution in [2.45, 2.75) is 32.6 Å². The number of aromatic nitrogens is 2. The molecule has 24 heavy (non-hydrogen) atoms. The van der Waals surface area contributed by atoms with Crippen LogP contribution in [0.5, 0.6) is 0 Å². The molecule has 0 bridgehead atoms.